The molecule has 2 heterocycles. The third-order valence-corrected chi connectivity index (χ3v) is 5.42. The summed E-state index contributed by atoms with van der Waals surface area (Å²) in [6, 6.07) is 12.2. The molecule has 118 valence electrons. The Kier molecular flexibility index (Phi) is 4.88. The molecule has 0 bridgehead atoms. The highest BCUT2D eigenvalue weighted by atomic mass is 32.1. The number of amides is 1. The maximum absolute atomic E-state index is 12.0. The van der Waals surface area contributed by atoms with Crippen molar-refractivity contribution in [2.24, 2.45) is 0 Å². The summed E-state index contributed by atoms with van der Waals surface area (Å²) in [5.74, 6) is -0.00270. The molecule has 0 spiro atoms. The molecule has 3 aromatic rings. The van der Waals surface area contributed by atoms with Gasteiger partial charge in [0.25, 0.3) is 5.91 Å². The van der Waals surface area contributed by atoms with E-state index in [1.54, 1.807) is 11.3 Å². The molecule has 0 unspecified atom stereocenters. The molecule has 23 heavy (non-hydrogen) atoms. The van der Waals surface area contributed by atoms with E-state index in [1.807, 2.05) is 19.1 Å². The molecule has 3 rings (SSSR count). The Labute approximate surface area is 144 Å². The molecule has 3 nitrogen and oxygen atoms in total. The summed E-state index contributed by atoms with van der Waals surface area (Å²) in [6.45, 7) is 4.69. The summed E-state index contributed by atoms with van der Waals surface area (Å²) in [6.07, 6.45) is 0.748. The van der Waals surface area contributed by atoms with Crippen molar-refractivity contribution < 1.29 is 4.79 Å². The molecule has 2 aromatic heterocycles. The SMILES string of the molecule is Cc1ccc(-c2nc(CCNC(=O)c3ccc(C)s3)cs2)cc1. The molecule has 0 atom stereocenters. The van der Waals surface area contributed by atoms with Gasteiger partial charge in [-0.3, -0.25) is 4.79 Å². The van der Waals surface area contributed by atoms with Crippen LogP contribution in [0.15, 0.2) is 41.8 Å². The average Bonchev–Trinajstić information content (AvgIpc) is 3.17. The van der Waals surface area contributed by atoms with Gasteiger partial charge in [0, 0.05) is 28.8 Å². The third kappa shape index (κ3) is 4.06. The Balaban J connectivity index is 1.55. The first-order valence-corrected chi connectivity index (χ1v) is 9.17. The predicted molar refractivity (Wildman–Crippen MR) is 97.4 cm³/mol. The number of carbonyl (C=O) groups is 1. The van der Waals surface area contributed by atoms with E-state index < -0.39 is 0 Å². The smallest absolute Gasteiger partial charge is 0.261 e. The number of carbonyl (C=O) groups excluding carboxylic acids is 1. The van der Waals surface area contributed by atoms with E-state index in [2.05, 4.69) is 46.9 Å². The van der Waals surface area contributed by atoms with Crippen molar-refractivity contribution in [3.8, 4) is 10.6 Å². The summed E-state index contributed by atoms with van der Waals surface area (Å²) < 4.78 is 0. The molecule has 0 aliphatic carbocycles. The van der Waals surface area contributed by atoms with E-state index in [-0.39, 0.29) is 5.91 Å². The number of nitrogens with one attached hydrogen (secondary N) is 1. The van der Waals surface area contributed by atoms with Gasteiger partial charge in [-0.1, -0.05) is 29.8 Å². The van der Waals surface area contributed by atoms with Crippen LogP contribution < -0.4 is 5.32 Å². The second-order valence-electron chi connectivity index (χ2n) is 5.43. The minimum atomic E-state index is -0.00270. The Morgan fingerprint density at radius 3 is 2.61 bits per heavy atom. The first-order chi connectivity index (χ1) is 11.1. The lowest BCUT2D eigenvalue weighted by molar-refractivity contribution is 0.0958. The molecule has 0 fully saturated rings. The van der Waals surface area contributed by atoms with E-state index in [0.29, 0.717) is 6.54 Å². The first-order valence-electron chi connectivity index (χ1n) is 7.48. The lowest BCUT2D eigenvalue weighted by Crippen LogP contribution is -2.24. The topological polar surface area (TPSA) is 42.0 Å². The summed E-state index contributed by atoms with van der Waals surface area (Å²) in [5.41, 5.74) is 3.41. The zero-order chi connectivity index (χ0) is 16.2. The summed E-state index contributed by atoms with van der Waals surface area (Å²) in [7, 11) is 0. The average molecular weight is 342 g/mol. The van der Waals surface area contributed by atoms with Gasteiger partial charge in [-0.15, -0.1) is 22.7 Å². The zero-order valence-electron chi connectivity index (χ0n) is 13.1. The van der Waals surface area contributed by atoms with Crippen LogP contribution in [0, 0.1) is 13.8 Å². The standard InChI is InChI=1S/C18H18N2OS2/c1-12-3-6-14(7-4-12)18-20-15(11-22-18)9-10-19-17(21)16-8-5-13(2)23-16/h3-8,11H,9-10H2,1-2H3,(H,19,21). The monoisotopic (exact) mass is 342 g/mol. The number of hydrogen-bond donors (Lipinski definition) is 1. The highest BCUT2D eigenvalue weighted by molar-refractivity contribution is 7.14. The summed E-state index contributed by atoms with van der Waals surface area (Å²) in [5, 5.41) is 6.05. The first kappa shape index (κ1) is 15.9. The molecule has 0 saturated carbocycles. The minimum absolute atomic E-state index is 0.00270. The second kappa shape index (κ2) is 7.06. The fourth-order valence-electron chi connectivity index (χ4n) is 2.20. The van der Waals surface area contributed by atoms with Crippen molar-refractivity contribution in [3.63, 3.8) is 0 Å². The van der Waals surface area contributed by atoms with E-state index in [1.165, 1.54) is 16.9 Å². The molecule has 1 amide bonds. The Bertz CT molecular complexity index is 803. The quantitative estimate of drug-likeness (QED) is 0.744. The molecule has 0 saturated heterocycles. The van der Waals surface area contributed by atoms with Gasteiger partial charge in [0.1, 0.15) is 5.01 Å². The van der Waals surface area contributed by atoms with Crippen LogP contribution in [0.1, 0.15) is 25.8 Å². The van der Waals surface area contributed by atoms with Gasteiger partial charge in [0.2, 0.25) is 0 Å². The van der Waals surface area contributed by atoms with E-state index in [9.17, 15) is 4.79 Å². The van der Waals surface area contributed by atoms with Crippen molar-refractivity contribution in [2.45, 2.75) is 20.3 Å². The Hall–Kier alpha value is -1.98. The van der Waals surface area contributed by atoms with Crippen LogP contribution in [0.3, 0.4) is 0 Å². The third-order valence-electron chi connectivity index (χ3n) is 3.48. The Morgan fingerprint density at radius 2 is 1.91 bits per heavy atom. The molecule has 1 N–H and O–H groups in total. The fraction of sp³-hybridized carbons (Fsp3) is 0.222. The van der Waals surface area contributed by atoms with Gasteiger partial charge in [0.15, 0.2) is 0 Å². The Morgan fingerprint density at radius 1 is 1.13 bits per heavy atom. The molecule has 0 radical (unpaired) electrons. The van der Waals surface area contributed by atoms with E-state index in [0.717, 1.165) is 32.4 Å². The molecule has 0 aliphatic heterocycles. The van der Waals surface area contributed by atoms with Crippen LogP contribution in [0.4, 0.5) is 0 Å². The molecular weight excluding hydrogens is 324 g/mol. The lowest BCUT2D eigenvalue weighted by atomic mass is 10.2. The zero-order valence-corrected chi connectivity index (χ0v) is 14.8. The van der Waals surface area contributed by atoms with Gasteiger partial charge >= 0.3 is 0 Å². The maximum Gasteiger partial charge on any atom is 0.261 e. The number of thiazole rings is 1. The largest absolute Gasteiger partial charge is 0.351 e. The summed E-state index contributed by atoms with van der Waals surface area (Å²) in [4.78, 5) is 18.6. The number of aromatic nitrogens is 1. The van der Waals surface area contributed by atoms with Crippen molar-refractivity contribution in [1.82, 2.24) is 10.3 Å². The van der Waals surface area contributed by atoms with Gasteiger partial charge in [-0.2, -0.15) is 0 Å². The van der Waals surface area contributed by atoms with Crippen molar-refractivity contribution in [2.75, 3.05) is 6.54 Å². The highest BCUT2D eigenvalue weighted by Gasteiger charge is 2.08. The maximum atomic E-state index is 12.0. The van der Waals surface area contributed by atoms with Crippen LogP contribution in [-0.4, -0.2) is 17.4 Å². The van der Waals surface area contributed by atoms with Crippen molar-refractivity contribution in [1.29, 1.82) is 0 Å². The molecule has 5 heteroatoms. The fourth-order valence-corrected chi connectivity index (χ4v) is 3.84. The molecule has 1 aromatic carbocycles. The second-order valence-corrected chi connectivity index (χ2v) is 7.57. The van der Waals surface area contributed by atoms with Gasteiger partial charge < -0.3 is 5.32 Å². The minimum Gasteiger partial charge on any atom is -0.351 e. The predicted octanol–water partition coefficient (Wildman–Crippen LogP) is 4.46. The van der Waals surface area contributed by atoms with Crippen molar-refractivity contribution >= 4 is 28.6 Å². The number of hydrogen-bond acceptors (Lipinski definition) is 4. The van der Waals surface area contributed by atoms with Crippen molar-refractivity contribution in [3.05, 3.63) is 62.8 Å². The highest BCUT2D eigenvalue weighted by Crippen LogP contribution is 2.24. The van der Waals surface area contributed by atoms with Gasteiger partial charge in [-0.05, 0) is 26.0 Å². The number of rotatable bonds is 5. The number of nitrogens with zero attached hydrogens (tertiary/aromatic N) is 1. The van der Waals surface area contributed by atoms with Crippen LogP contribution >= 0.6 is 22.7 Å². The number of benzene rings is 1. The van der Waals surface area contributed by atoms with Gasteiger partial charge in [-0.25, -0.2) is 4.98 Å². The summed E-state index contributed by atoms with van der Waals surface area (Å²) >= 11 is 3.16. The number of thiophene rings is 1. The number of aryl methyl sites for hydroxylation is 2. The normalized spacial score (nSPS) is 10.7. The van der Waals surface area contributed by atoms with Crippen LogP contribution in [0.5, 0.6) is 0 Å². The van der Waals surface area contributed by atoms with Crippen LogP contribution in [0.25, 0.3) is 10.6 Å². The van der Waals surface area contributed by atoms with E-state index >= 15 is 0 Å². The lowest BCUT2D eigenvalue weighted by Gasteiger charge is -2.01. The van der Waals surface area contributed by atoms with E-state index in [4.69, 9.17) is 0 Å². The molecule has 0 aliphatic rings. The van der Waals surface area contributed by atoms with Gasteiger partial charge in [0.05, 0.1) is 10.6 Å². The molecular formula is C18H18N2OS2. The van der Waals surface area contributed by atoms with Crippen LogP contribution in [0.2, 0.25) is 0 Å². The van der Waals surface area contributed by atoms with Crippen LogP contribution in [-0.2, 0) is 6.42 Å².